The molecule has 0 saturated carbocycles. The van der Waals surface area contributed by atoms with Crippen LogP contribution in [0.2, 0.25) is 0 Å². The summed E-state index contributed by atoms with van der Waals surface area (Å²) in [5.41, 5.74) is 2.04. The number of anilines is 1. The molecule has 1 aromatic heterocycles. The van der Waals surface area contributed by atoms with Crippen molar-refractivity contribution in [2.75, 3.05) is 18.4 Å². The SMILES string of the molecule is O=C(Nc1ccc(-c2nnc3n2CCCCC3)cc1)c1ccc(S(=O)(=O)N2CCCCCC2)cc1. The minimum absolute atomic E-state index is 0.229. The zero-order valence-electron chi connectivity index (χ0n) is 19.8. The van der Waals surface area contributed by atoms with Crippen LogP contribution in [0.3, 0.4) is 0 Å². The van der Waals surface area contributed by atoms with Gasteiger partial charge in [-0.15, -0.1) is 10.2 Å². The first kappa shape index (κ1) is 23.7. The van der Waals surface area contributed by atoms with E-state index < -0.39 is 10.0 Å². The van der Waals surface area contributed by atoms with Gasteiger partial charge in [-0.3, -0.25) is 4.79 Å². The van der Waals surface area contributed by atoms with E-state index in [0.717, 1.165) is 68.7 Å². The van der Waals surface area contributed by atoms with Gasteiger partial charge in [0.05, 0.1) is 4.90 Å². The third-order valence-electron chi connectivity index (χ3n) is 6.83. The van der Waals surface area contributed by atoms with Gasteiger partial charge in [-0.25, -0.2) is 8.42 Å². The van der Waals surface area contributed by atoms with E-state index in [1.807, 2.05) is 24.3 Å². The zero-order chi connectivity index (χ0) is 24.3. The van der Waals surface area contributed by atoms with Crippen LogP contribution in [0.15, 0.2) is 53.4 Å². The van der Waals surface area contributed by atoms with E-state index in [1.165, 1.54) is 18.6 Å². The van der Waals surface area contributed by atoms with Crippen molar-refractivity contribution in [3.8, 4) is 11.4 Å². The van der Waals surface area contributed by atoms with Gasteiger partial charge in [0, 0.05) is 42.9 Å². The monoisotopic (exact) mass is 493 g/mol. The molecule has 0 bridgehead atoms. The molecule has 0 atom stereocenters. The summed E-state index contributed by atoms with van der Waals surface area (Å²) in [7, 11) is -3.53. The maximum atomic E-state index is 13.0. The Morgan fingerprint density at radius 3 is 2.14 bits per heavy atom. The van der Waals surface area contributed by atoms with Crippen LogP contribution in [-0.4, -0.2) is 46.5 Å². The predicted molar refractivity (Wildman–Crippen MR) is 135 cm³/mol. The number of hydrogen-bond donors (Lipinski definition) is 1. The summed E-state index contributed by atoms with van der Waals surface area (Å²) in [6, 6.07) is 13.8. The Balaban J connectivity index is 1.26. The van der Waals surface area contributed by atoms with Gasteiger partial charge >= 0.3 is 0 Å². The fraction of sp³-hybridized carbons (Fsp3) is 0.423. The summed E-state index contributed by atoms with van der Waals surface area (Å²) in [6.07, 6.45) is 8.34. The van der Waals surface area contributed by atoms with E-state index >= 15 is 0 Å². The van der Waals surface area contributed by atoms with Crippen molar-refractivity contribution >= 4 is 21.6 Å². The van der Waals surface area contributed by atoms with Gasteiger partial charge in [-0.05, 0) is 74.2 Å². The molecule has 184 valence electrons. The van der Waals surface area contributed by atoms with E-state index in [1.54, 1.807) is 16.4 Å². The molecule has 8 nitrogen and oxygen atoms in total. The minimum atomic E-state index is -3.53. The number of aryl methyl sites for hydroxylation is 1. The number of carbonyl (C=O) groups excluding carboxylic acids is 1. The van der Waals surface area contributed by atoms with Gasteiger partial charge in [-0.2, -0.15) is 4.31 Å². The van der Waals surface area contributed by atoms with Crippen molar-refractivity contribution in [2.45, 2.75) is 62.8 Å². The number of aromatic nitrogens is 3. The molecule has 3 heterocycles. The number of nitrogens with zero attached hydrogens (tertiary/aromatic N) is 4. The lowest BCUT2D eigenvalue weighted by atomic mass is 10.1. The molecule has 2 aliphatic rings. The summed E-state index contributed by atoms with van der Waals surface area (Å²) < 4.78 is 29.7. The third kappa shape index (κ3) is 5.16. The van der Waals surface area contributed by atoms with Crippen LogP contribution in [-0.2, 0) is 23.0 Å². The molecule has 0 aliphatic carbocycles. The van der Waals surface area contributed by atoms with E-state index in [4.69, 9.17) is 0 Å². The molecule has 5 rings (SSSR count). The number of fused-ring (bicyclic) bond motifs is 1. The Kier molecular flexibility index (Phi) is 6.97. The third-order valence-corrected chi connectivity index (χ3v) is 8.74. The van der Waals surface area contributed by atoms with Crippen LogP contribution in [0.5, 0.6) is 0 Å². The molecular weight excluding hydrogens is 462 g/mol. The maximum Gasteiger partial charge on any atom is 0.255 e. The summed E-state index contributed by atoms with van der Waals surface area (Å²) in [5.74, 6) is 1.62. The highest BCUT2D eigenvalue weighted by Gasteiger charge is 2.25. The molecular formula is C26H31N5O3S. The predicted octanol–water partition coefficient (Wildman–Crippen LogP) is 4.49. The normalized spacial score (nSPS) is 17.3. The summed E-state index contributed by atoms with van der Waals surface area (Å²) in [4.78, 5) is 13.0. The van der Waals surface area contributed by atoms with E-state index in [9.17, 15) is 13.2 Å². The average Bonchev–Trinajstić information content (AvgIpc) is 3.06. The molecule has 0 spiro atoms. The van der Waals surface area contributed by atoms with Gasteiger partial charge in [0.2, 0.25) is 10.0 Å². The first-order valence-corrected chi connectivity index (χ1v) is 13.9. The molecule has 2 aromatic carbocycles. The highest BCUT2D eigenvalue weighted by atomic mass is 32.2. The van der Waals surface area contributed by atoms with Crippen LogP contribution < -0.4 is 5.32 Å². The van der Waals surface area contributed by atoms with Gasteiger partial charge in [0.1, 0.15) is 5.82 Å². The Bertz CT molecular complexity index is 1280. The van der Waals surface area contributed by atoms with E-state index in [0.29, 0.717) is 24.3 Å². The van der Waals surface area contributed by atoms with Crippen molar-refractivity contribution in [3.63, 3.8) is 0 Å². The number of hydrogen-bond acceptors (Lipinski definition) is 5. The Hall–Kier alpha value is -3.04. The number of rotatable bonds is 5. The molecule has 9 heteroatoms. The molecule has 3 aromatic rings. The molecule has 35 heavy (non-hydrogen) atoms. The zero-order valence-corrected chi connectivity index (χ0v) is 20.6. The molecule has 0 radical (unpaired) electrons. The number of nitrogens with one attached hydrogen (secondary N) is 1. The van der Waals surface area contributed by atoms with Gasteiger partial charge in [0.25, 0.3) is 5.91 Å². The quantitative estimate of drug-likeness (QED) is 0.565. The summed E-state index contributed by atoms with van der Waals surface area (Å²) in [6.45, 7) is 2.04. The van der Waals surface area contributed by atoms with Crippen molar-refractivity contribution < 1.29 is 13.2 Å². The molecule has 1 saturated heterocycles. The topological polar surface area (TPSA) is 97.2 Å². The van der Waals surface area contributed by atoms with Crippen molar-refractivity contribution in [3.05, 3.63) is 59.9 Å². The van der Waals surface area contributed by atoms with Crippen LogP contribution >= 0.6 is 0 Å². The minimum Gasteiger partial charge on any atom is -0.322 e. The maximum absolute atomic E-state index is 13.0. The smallest absolute Gasteiger partial charge is 0.255 e. The highest BCUT2D eigenvalue weighted by Crippen LogP contribution is 2.25. The van der Waals surface area contributed by atoms with Crippen molar-refractivity contribution in [2.24, 2.45) is 0 Å². The number of carbonyl (C=O) groups is 1. The van der Waals surface area contributed by atoms with Gasteiger partial charge < -0.3 is 9.88 Å². The molecule has 1 N–H and O–H groups in total. The highest BCUT2D eigenvalue weighted by molar-refractivity contribution is 7.89. The van der Waals surface area contributed by atoms with Gasteiger partial charge in [-0.1, -0.05) is 19.3 Å². The summed E-state index contributed by atoms with van der Waals surface area (Å²) in [5, 5.41) is 11.6. The second kappa shape index (κ2) is 10.3. The Morgan fingerprint density at radius 1 is 0.771 bits per heavy atom. The Morgan fingerprint density at radius 2 is 1.43 bits per heavy atom. The van der Waals surface area contributed by atoms with Crippen LogP contribution in [0.25, 0.3) is 11.4 Å². The molecule has 1 fully saturated rings. The first-order valence-electron chi connectivity index (χ1n) is 12.5. The van der Waals surface area contributed by atoms with Crippen LogP contribution in [0.4, 0.5) is 5.69 Å². The lowest BCUT2D eigenvalue weighted by molar-refractivity contribution is 0.102. The first-order chi connectivity index (χ1) is 17.0. The van der Waals surface area contributed by atoms with Crippen molar-refractivity contribution in [1.29, 1.82) is 0 Å². The molecule has 1 amide bonds. The average molecular weight is 494 g/mol. The van der Waals surface area contributed by atoms with Crippen LogP contribution in [0, 0.1) is 0 Å². The summed E-state index contributed by atoms with van der Waals surface area (Å²) >= 11 is 0. The standard InChI is InChI=1S/C26H31N5O3S/c32-26(21-11-15-23(16-12-21)35(33,34)30-17-5-1-2-6-18-30)27-22-13-9-20(10-14-22)25-29-28-24-8-4-3-7-19-31(24)25/h9-16H,1-8,17-19H2,(H,27,32). The van der Waals surface area contributed by atoms with Crippen LogP contribution in [0.1, 0.15) is 61.1 Å². The second-order valence-electron chi connectivity index (χ2n) is 9.28. The van der Waals surface area contributed by atoms with Crippen molar-refractivity contribution in [1.82, 2.24) is 19.1 Å². The number of benzene rings is 2. The van der Waals surface area contributed by atoms with E-state index in [-0.39, 0.29) is 10.8 Å². The fourth-order valence-electron chi connectivity index (χ4n) is 4.81. The van der Waals surface area contributed by atoms with Gasteiger partial charge in [0.15, 0.2) is 5.82 Å². The lowest BCUT2D eigenvalue weighted by Gasteiger charge is -2.20. The molecule has 0 unspecified atom stereocenters. The van der Waals surface area contributed by atoms with E-state index in [2.05, 4.69) is 20.1 Å². The second-order valence-corrected chi connectivity index (χ2v) is 11.2. The molecule has 2 aliphatic heterocycles. The number of sulfonamides is 1. The number of amides is 1. The largest absolute Gasteiger partial charge is 0.322 e. The lowest BCUT2D eigenvalue weighted by Crippen LogP contribution is -2.31. The Labute approximate surface area is 206 Å². The fourth-order valence-corrected chi connectivity index (χ4v) is 6.33.